The van der Waals surface area contributed by atoms with Gasteiger partial charge in [0, 0.05) is 20.1 Å². The van der Waals surface area contributed by atoms with E-state index in [2.05, 4.69) is 4.72 Å². The molecule has 1 fully saturated rings. The fraction of sp³-hybridized carbons (Fsp3) is 0.286. The van der Waals surface area contributed by atoms with Gasteiger partial charge in [0.05, 0.1) is 21.2 Å². The van der Waals surface area contributed by atoms with Crippen molar-refractivity contribution in [2.24, 2.45) is 7.05 Å². The number of benzene rings is 2. The smallest absolute Gasteiger partial charge is 0.283 e. The third kappa shape index (κ3) is 3.87. The van der Waals surface area contributed by atoms with E-state index in [0.29, 0.717) is 24.5 Å². The van der Waals surface area contributed by atoms with Crippen molar-refractivity contribution in [2.45, 2.75) is 29.6 Å². The maximum Gasteiger partial charge on any atom is 0.296 e. The van der Waals surface area contributed by atoms with E-state index in [9.17, 15) is 21.6 Å². The Morgan fingerprint density at radius 1 is 0.844 bits per heavy atom. The van der Waals surface area contributed by atoms with Crippen LogP contribution in [0, 0.1) is 6.92 Å². The largest absolute Gasteiger partial charge is 0.296 e. The van der Waals surface area contributed by atoms with Crippen molar-refractivity contribution in [1.82, 2.24) is 13.7 Å². The predicted octanol–water partition coefficient (Wildman–Crippen LogP) is 2.07. The van der Waals surface area contributed by atoms with E-state index in [-0.39, 0.29) is 15.5 Å². The minimum Gasteiger partial charge on any atom is -0.283 e. The molecule has 0 aliphatic carbocycles. The fourth-order valence-corrected chi connectivity index (χ4v) is 6.38. The molecular formula is C21H24N4O5S2. The summed E-state index contributed by atoms with van der Waals surface area (Å²) in [5, 5.41) is 0. The highest BCUT2D eigenvalue weighted by Crippen LogP contribution is 2.23. The van der Waals surface area contributed by atoms with Gasteiger partial charge in [-0.1, -0.05) is 18.2 Å². The average Bonchev–Trinajstić information content (AvgIpc) is 3.39. The SMILES string of the molecule is Cc1c(NS(=O)(=O)c2ccc(S(=O)(=O)N3CCCC3)cc2)c(=O)n(-c2ccccc2)n1C. The summed E-state index contributed by atoms with van der Waals surface area (Å²) >= 11 is 0. The van der Waals surface area contributed by atoms with Gasteiger partial charge in [-0.15, -0.1) is 0 Å². The number of hydrogen-bond acceptors (Lipinski definition) is 5. The molecule has 0 radical (unpaired) electrons. The fourth-order valence-electron chi connectivity index (χ4n) is 3.75. The molecule has 0 saturated carbocycles. The Morgan fingerprint density at radius 3 is 2.00 bits per heavy atom. The maximum absolute atomic E-state index is 13.0. The first-order valence-electron chi connectivity index (χ1n) is 10.1. The normalized spacial score (nSPS) is 15.2. The first-order chi connectivity index (χ1) is 15.1. The van der Waals surface area contributed by atoms with Gasteiger partial charge >= 0.3 is 0 Å². The summed E-state index contributed by atoms with van der Waals surface area (Å²) in [5.41, 5.74) is 0.471. The Hall–Kier alpha value is -2.89. The van der Waals surface area contributed by atoms with E-state index in [4.69, 9.17) is 0 Å². The number of nitrogens with zero attached hydrogens (tertiary/aromatic N) is 3. The van der Waals surface area contributed by atoms with Gasteiger partial charge in [-0.05, 0) is 56.2 Å². The van der Waals surface area contributed by atoms with Crippen molar-refractivity contribution in [1.29, 1.82) is 0 Å². The Balaban J connectivity index is 1.65. The van der Waals surface area contributed by atoms with Gasteiger partial charge < -0.3 is 0 Å². The highest BCUT2D eigenvalue weighted by molar-refractivity contribution is 7.92. The molecule has 0 amide bonds. The van der Waals surface area contributed by atoms with Gasteiger partial charge in [-0.2, -0.15) is 4.31 Å². The molecule has 1 aliphatic rings. The molecule has 0 spiro atoms. The summed E-state index contributed by atoms with van der Waals surface area (Å²) < 4.78 is 57.9. The zero-order chi connectivity index (χ0) is 23.1. The van der Waals surface area contributed by atoms with Crippen LogP contribution in [0.25, 0.3) is 5.69 Å². The Morgan fingerprint density at radius 2 is 1.41 bits per heavy atom. The highest BCUT2D eigenvalue weighted by atomic mass is 32.2. The first kappa shape index (κ1) is 22.3. The molecule has 4 rings (SSSR count). The van der Waals surface area contributed by atoms with E-state index in [1.54, 1.807) is 42.9 Å². The topological polar surface area (TPSA) is 110 Å². The Labute approximate surface area is 187 Å². The lowest BCUT2D eigenvalue weighted by Gasteiger charge is -2.15. The summed E-state index contributed by atoms with van der Waals surface area (Å²) in [6, 6.07) is 13.9. The number of hydrogen-bond donors (Lipinski definition) is 1. The van der Waals surface area contributed by atoms with Crippen molar-refractivity contribution >= 4 is 25.7 Å². The zero-order valence-corrected chi connectivity index (χ0v) is 19.4. The van der Waals surface area contributed by atoms with Gasteiger partial charge in [0.25, 0.3) is 15.6 Å². The van der Waals surface area contributed by atoms with Gasteiger partial charge in [0.1, 0.15) is 5.69 Å². The highest BCUT2D eigenvalue weighted by Gasteiger charge is 2.28. The summed E-state index contributed by atoms with van der Waals surface area (Å²) in [5.74, 6) is 0. The van der Waals surface area contributed by atoms with E-state index >= 15 is 0 Å². The molecule has 3 aromatic rings. The summed E-state index contributed by atoms with van der Waals surface area (Å²) in [6.45, 7) is 2.57. The second kappa shape index (κ2) is 8.23. The zero-order valence-electron chi connectivity index (χ0n) is 17.7. The number of nitrogens with one attached hydrogen (secondary N) is 1. The van der Waals surface area contributed by atoms with Gasteiger partial charge in [-0.25, -0.2) is 21.5 Å². The molecule has 2 aromatic carbocycles. The van der Waals surface area contributed by atoms with Crippen molar-refractivity contribution in [2.75, 3.05) is 17.8 Å². The predicted molar refractivity (Wildman–Crippen MR) is 121 cm³/mol. The van der Waals surface area contributed by atoms with Crippen LogP contribution < -0.4 is 10.3 Å². The van der Waals surface area contributed by atoms with E-state index in [0.717, 1.165) is 12.8 Å². The van der Waals surface area contributed by atoms with Crippen molar-refractivity contribution in [3.05, 3.63) is 70.6 Å². The van der Waals surface area contributed by atoms with Crippen LogP contribution in [0.3, 0.4) is 0 Å². The standard InChI is InChI=1S/C21H24N4O5S2/c1-16-20(21(26)25(23(16)2)17-8-4-3-5-9-17)22-31(27,28)18-10-12-19(13-11-18)32(29,30)24-14-6-7-15-24/h3-5,8-13,22H,6-7,14-15H2,1-2H3. The van der Waals surface area contributed by atoms with Crippen molar-refractivity contribution < 1.29 is 16.8 Å². The number of sulfonamides is 2. The van der Waals surface area contributed by atoms with E-state index in [1.165, 1.54) is 33.3 Å². The van der Waals surface area contributed by atoms with Gasteiger partial charge in [-0.3, -0.25) is 14.2 Å². The number of rotatable bonds is 6. The molecular weight excluding hydrogens is 452 g/mol. The molecule has 0 bridgehead atoms. The van der Waals surface area contributed by atoms with Gasteiger partial charge in [0.2, 0.25) is 10.0 Å². The minimum atomic E-state index is -4.11. The molecule has 170 valence electrons. The maximum atomic E-state index is 13.0. The lowest BCUT2D eigenvalue weighted by molar-refractivity contribution is 0.477. The van der Waals surface area contributed by atoms with E-state index in [1.807, 2.05) is 6.07 Å². The molecule has 32 heavy (non-hydrogen) atoms. The van der Waals surface area contributed by atoms with Crippen LogP contribution in [0.15, 0.2) is 69.2 Å². The molecule has 1 saturated heterocycles. The molecule has 2 heterocycles. The lowest BCUT2D eigenvalue weighted by atomic mass is 10.3. The second-order valence-electron chi connectivity index (χ2n) is 7.62. The summed E-state index contributed by atoms with van der Waals surface area (Å²) in [6.07, 6.45) is 1.62. The first-order valence-corrected chi connectivity index (χ1v) is 13.0. The number of aromatic nitrogens is 2. The van der Waals surface area contributed by atoms with E-state index < -0.39 is 25.6 Å². The molecule has 0 unspecified atom stereocenters. The lowest BCUT2D eigenvalue weighted by Crippen LogP contribution is -2.28. The third-order valence-electron chi connectivity index (χ3n) is 5.63. The summed E-state index contributed by atoms with van der Waals surface area (Å²) in [7, 11) is -6.09. The van der Waals surface area contributed by atoms with Crippen LogP contribution in [-0.4, -0.2) is 43.6 Å². The minimum absolute atomic E-state index is 0.0423. The van der Waals surface area contributed by atoms with Crippen molar-refractivity contribution in [3.63, 3.8) is 0 Å². The van der Waals surface area contributed by atoms with Crippen LogP contribution >= 0.6 is 0 Å². The quantitative estimate of drug-likeness (QED) is 0.586. The molecule has 11 heteroatoms. The van der Waals surface area contributed by atoms with Crippen LogP contribution in [0.2, 0.25) is 0 Å². The van der Waals surface area contributed by atoms with Crippen LogP contribution in [0.1, 0.15) is 18.5 Å². The van der Waals surface area contributed by atoms with Gasteiger partial charge in [0.15, 0.2) is 0 Å². The summed E-state index contributed by atoms with van der Waals surface area (Å²) in [4.78, 5) is 12.9. The Kier molecular flexibility index (Phi) is 5.74. The number of anilines is 1. The van der Waals surface area contributed by atoms with Crippen LogP contribution in [0.5, 0.6) is 0 Å². The molecule has 1 aliphatic heterocycles. The Bertz CT molecular complexity index is 1400. The van der Waals surface area contributed by atoms with Crippen LogP contribution in [-0.2, 0) is 27.1 Å². The monoisotopic (exact) mass is 476 g/mol. The molecule has 0 atom stereocenters. The molecule has 1 aromatic heterocycles. The third-order valence-corrected chi connectivity index (χ3v) is 8.91. The van der Waals surface area contributed by atoms with Crippen LogP contribution in [0.4, 0.5) is 5.69 Å². The molecule has 1 N–H and O–H groups in total. The second-order valence-corrected chi connectivity index (χ2v) is 11.2. The van der Waals surface area contributed by atoms with Crippen molar-refractivity contribution in [3.8, 4) is 5.69 Å². The number of para-hydroxylation sites is 1. The molecule has 9 nitrogen and oxygen atoms in total. The average molecular weight is 477 g/mol.